The quantitative estimate of drug-likeness (QED) is 0.382. The minimum Gasteiger partial charge on any atom is -0.289 e. The molecule has 0 atom stereocenters. The molecule has 1 aliphatic rings. The van der Waals surface area contributed by atoms with E-state index in [2.05, 4.69) is 9.97 Å². The summed E-state index contributed by atoms with van der Waals surface area (Å²) in [5.74, 6) is -0.834. The number of fused-ring (bicyclic) bond motifs is 3. The molecule has 1 aliphatic carbocycles. The molecule has 1 aromatic heterocycles. The maximum atomic E-state index is 11.9. The third-order valence-corrected chi connectivity index (χ3v) is 3.77. The monoisotopic (exact) mass is 320 g/mol. The van der Waals surface area contributed by atoms with E-state index < -0.39 is 44.3 Å². The van der Waals surface area contributed by atoms with Crippen LogP contribution in [0.25, 0.3) is 22.1 Å². The third-order valence-electron chi connectivity index (χ3n) is 3.77. The van der Waals surface area contributed by atoms with Crippen LogP contribution < -0.4 is 21.7 Å². The highest BCUT2D eigenvalue weighted by atomic mass is 16.2. The number of allylic oxidation sites excluding steroid dienone is 2. The van der Waals surface area contributed by atoms with Crippen LogP contribution in [0.2, 0.25) is 0 Å². The van der Waals surface area contributed by atoms with Gasteiger partial charge in [0.05, 0.1) is 11.0 Å². The Morgan fingerprint density at radius 1 is 0.542 bits per heavy atom. The number of aromatic nitrogens is 2. The van der Waals surface area contributed by atoms with Crippen LogP contribution in [0.4, 0.5) is 0 Å². The van der Waals surface area contributed by atoms with Crippen molar-refractivity contribution in [3.63, 3.8) is 0 Å². The van der Waals surface area contributed by atoms with Gasteiger partial charge in [-0.2, -0.15) is 0 Å². The van der Waals surface area contributed by atoms with Crippen molar-refractivity contribution in [1.29, 1.82) is 0 Å². The van der Waals surface area contributed by atoms with Crippen molar-refractivity contribution in [2.75, 3.05) is 0 Å². The van der Waals surface area contributed by atoms with Gasteiger partial charge in [0.25, 0.3) is 21.7 Å². The van der Waals surface area contributed by atoms with Crippen molar-refractivity contribution in [2.45, 2.75) is 0 Å². The standard InChI is InChI=1S/C16H4N2O6/c19-9-1-2-10(20)6-4-8-7(3-5(6)9)17-11-12(18-8)14(22)16(24)15(23)13(11)21/h1-4H. The minimum atomic E-state index is -1.46. The Hall–Kier alpha value is -3.68. The molecule has 0 bridgehead atoms. The summed E-state index contributed by atoms with van der Waals surface area (Å²) in [4.78, 5) is 78.2. The number of hydrogen-bond acceptors (Lipinski definition) is 8. The number of carbonyl (C=O) groups excluding carboxylic acids is 2. The second-order valence-electron chi connectivity index (χ2n) is 5.19. The van der Waals surface area contributed by atoms with Crippen LogP contribution in [-0.2, 0) is 0 Å². The SMILES string of the molecule is O=C1C=CC(=O)c2cc3nc4c(=O)c(=O)c(=O)c(=O)c4nc3cc21. The topological polar surface area (TPSA) is 128 Å². The lowest BCUT2D eigenvalue weighted by atomic mass is 9.94. The highest BCUT2D eigenvalue weighted by Gasteiger charge is 2.22. The number of carbonyl (C=O) groups is 2. The highest BCUT2D eigenvalue weighted by Crippen LogP contribution is 2.22. The Labute approximate surface area is 130 Å². The fraction of sp³-hybridized carbons (Fsp3) is 0. The molecule has 0 aliphatic heterocycles. The predicted molar refractivity (Wildman–Crippen MR) is 82.3 cm³/mol. The van der Waals surface area contributed by atoms with Gasteiger partial charge in [-0.05, 0) is 24.3 Å². The first-order chi connectivity index (χ1) is 11.4. The maximum Gasteiger partial charge on any atom is 0.279 e. The van der Waals surface area contributed by atoms with E-state index in [0.29, 0.717) is 0 Å². The molecule has 1 heterocycles. The first kappa shape index (κ1) is 13.9. The zero-order valence-corrected chi connectivity index (χ0v) is 11.7. The molecule has 2 aromatic carbocycles. The van der Waals surface area contributed by atoms with Gasteiger partial charge in [-0.1, -0.05) is 0 Å². The molecule has 4 rings (SSSR count). The van der Waals surface area contributed by atoms with E-state index in [9.17, 15) is 28.8 Å². The predicted octanol–water partition coefficient (Wildman–Crippen LogP) is -0.965. The number of ketones is 2. The van der Waals surface area contributed by atoms with Gasteiger partial charge in [0.1, 0.15) is 11.0 Å². The van der Waals surface area contributed by atoms with Gasteiger partial charge in [0, 0.05) is 11.1 Å². The second kappa shape index (κ2) is 4.42. The van der Waals surface area contributed by atoms with Gasteiger partial charge in [-0.25, -0.2) is 9.97 Å². The van der Waals surface area contributed by atoms with Gasteiger partial charge < -0.3 is 0 Å². The van der Waals surface area contributed by atoms with E-state index in [1.54, 1.807) is 0 Å². The first-order valence-electron chi connectivity index (χ1n) is 6.68. The second-order valence-corrected chi connectivity index (χ2v) is 5.19. The van der Waals surface area contributed by atoms with Gasteiger partial charge in [-0.15, -0.1) is 0 Å². The molecule has 114 valence electrons. The van der Waals surface area contributed by atoms with Crippen molar-refractivity contribution in [1.82, 2.24) is 9.97 Å². The maximum absolute atomic E-state index is 11.9. The molecule has 0 N–H and O–H groups in total. The molecule has 0 saturated heterocycles. The van der Waals surface area contributed by atoms with Crippen molar-refractivity contribution in [3.8, 4) is 0 Å². The molecular weight excluding hydrogens is 316 g/mol. The van der Waals surface area contributed by atoms with E-state index in [4.69, 9.17) is 0 Å². The van der Waals surface area contributed by atoms with Crippen molar-refractivity contribution >= 4 is 33.6 Å². The molecule has 0 radical (unpaired) electrons. The van der Waals surface area contributed by atoms with Gasteiger partial charge in [0.2, 0.25) is 0 Å². The zero-order valence-electron chi connectivity index (χ0n) is 11.7. The molecule has 8 heteroatoms. The van der Waals surface area contributed by atoms with Crippen LogP contribution in [0.3, 0.4) is 0 Å². The smallest absolute Gasteiger partial charge is 0.279 e. The van der Waals surface area contributed by atoms with Gasteiger partial charge in [0.15, 0.2) is 11.6 Å². The van der Waals surface area contributed by atoms with E-state index >= 15 is 0 Å². The van der Waals surface area contributed by atoms with Crippen LogP contribution in [0.1, 0.15) is 20.7 Å². The summed E-state index contributed by atoms with van der Waals surface area (Å²) in [6.45, 7) is 0. The summed E-state index contributed by atoms with van der Waals surface area (Å²) in [7, 11) is 0. The Bertz CT molecular complexity index is 1260. The van der Waals surface area contributed by atoms with Crippen LogP contribution in [0.15, 0.2) is 43.5 Å². The van der Waals surface area contributed by atoms with Crippen molar-refractivity contribution < 1.29 is 9.59 Å². The lowest BCUT2D eigenvalue weighted by molar-refractivity contribution is 0.0994. The number of benzene rings is 2. The summed E-state index contributed by atoms with van der Waals surface area (Å²) in [5.41, 5.74) is -6.12. The lowest BCUT2D eigenvalue weighted by Crippen LogP contribution is -2.47. The molecule has 0 fully saturated rings. The molecule has 3 aromatic rings. The van der Waals surface area contributed by atoms with Crippen molar-refractivity contribution in [2.24, 2.45) is 0 Å². The minimum absolute atomic E-state index is 0.0623. The molecule has 0 saturated carbocycles. The van der Waals surface area contributed by atoms with E-state index in [1.165, 1.54) is 12.1 Å². The molecule has 24 heavy (non-hydrogen) atoms. The summed E-state index contributed by atoms with van der Waals surface area (Å²) in [5, 5.41) is 0. The molecule has 0 unspecified atom stereocenters. The zero-order chi connectivity index (χ0) is 17.2. The molecule has 8 nitrogen and oxygen atoms in total. The van der Waals surface area contributed by atoms with Crippen LogP contribution in [0, 0.1) is 0 Å². The fourth-order valence-electron chi connectivity index (χ4n) is 2.58. The average Bonchev–Trinajstić information content (AvgIpc) is 2.59. The molecular formula is C16H4N2O6. The van der Waals surface area contributed by atoms with E-state index in [1.807, 2.05) is 0 Å². The summed E-state index contributed by atoms with van der Waals surface area (Å²) in [6, 6.07) is 2.53. The number of rotatable bonds is 0. The highest BCUT2D eigenvalue weighted by molar-refractivity contribution is 6.23. The van der Waals surface area contributed by atoms with Gasteiger partial charge in [-0.3, -0.25) is 28.8 Å². The lowest BCUT2D eigenvalue weighted by Gasteiger charge is -2.09. The number of hydrogen-bond donors (Lipinski definition) is 0. The summed E-state index contributed by atoms with van der Waals surface area (Å²) in [6.07, 6.45) is 2.22. The van der Waals surface area contributed by atoms with Crippen LogP contribution in [-0.4, -0.2) is 21.5 Å². The van der Waals surface area contributed by atoms with Gasteiger partial charge >= 0.3 is 0 Å². The molecule has 0 spiro atoms. The Morgan fingerprint density at radius 2 is 0.917 bits per heavy atom. The summed E-state index contributed by atoms with van der Waals surface area (Å²) >= 11 is 0. The third kappa shape index (κ3) is 1.67. The Morgan fingerprint density at radius 3 is 1.29 bits per heavy atom. The van der Waals surface area contributed by atoms with E-state index in [0.717, 1.165) is 12.2 Å². The molecule has 0 amide bonds. The Balaban J connectivity index is 2.24. The fourth-order valence-corrected chi connectivity index (χ4v) is 2.58. The van der Waals surface area contributed by atoms with Crippen LogP contribution in [0.5, 0.6) is 0 Å². The Kier molecular flexibility index (Phi) is 2.57. The first-order valence-corrected chi connectivity index (χ1v) is 6.68. The van der Waals surface area contributed by atoms with Crippen molar-refractivity contribution in [3.05, 3.63) is 76.3 Å². The normalized spacial score (nSPS) is 13.7. The number of nitrogens with zero attached hydrogens (tertiary/aromatic N) is 2. The largest absolute Gasteiger partial charge is 0.289 e. The average molecular weight is 320 g/mol. The summed E-state index contributed by atoms with van der Waals surface area (Å²) < 4.78 is 0. The van der Waals surface area contributed by atoms with Crippen LogP contribution >= 0.6 is 0 Å². The van der Waals surface area contributed by atoms with E-state index in [-0.39, 0.29) is 22.2 Å².